The van der Waals surface area contributed by atoms with E-state index in [-0.39, 0.29) is 23.1 Å². The number of aromatic nitrogens is 3. The molecule has 2 aliphatic rings. The van der Waals surface area contributed by atoms with Crippen molar-refractivity contribution < 1.29 is 14.3 Å². The molecule has 2 fully saturated rings. The molecule has 5 aromatic rings. The Labute approximate surface area is 411 Å². The number of carbonyl (C=O) groups excluding carboxylic acids is 1. The van der Waals surface area contributed by atoms with Crippen molar-refractivity contribution in [3.8, 4) is 11.5 Å². The van der Waals surface area contributed by atoms with Crippen molar-refractivity contribution in [1.29, 1.82) is 0 Å². The smallest absolute Gasteiger partial charge is 0.302 e. The summed E-state index contributed by atoms with van der Waals surface area (Å²) in [5.41, 5.74) is 14.3. The number of quaternary nitrogens is 1. The molecule has 364 valence electrons. The van der Waals surface area contributed by atoms with E-state index in [1.165, 1.54) is 16.8 Å². The van der Waals surface area contributed by atoms with Gasteiger partial charge in [-0.2, -0.15) is 9.60 Å². The summed E-state index contributed by atoms with van der Waals surface area (Å²) in [6.07, 6.45) is 14.9. The van der Waals surface area contributed by atoms with Gasteiger partial charge in [0, 0.05) is 118 Å². The number of pyridine rings is 3. The van der Waals surface area contributed by atoms with Gasteiger partial charge in [-0.3, -0.25) is 14.8 Å². The Hall–Kier alpha value is -5.11. The van der Waals surface area contributed by atoms with Gasteiger partial charge in [-0.1, -0.05) is 11.6 Å². The molecule has 0 spiro atoms. The summed E-state index contributed by atoms with van der Waals surface area (Å²) in [5, 5.41) is 2.39. The summed E-state index contributed by atoms with van der Waals surface area (Å²) < 4.78 is 12.1. The van der Waals surface area contributed by atoms with Gasteiger partial charge in [0.05, 0.1) is 25.3 Å². The predicted octanol–water partition coefficient (Wildman–Crippen LogP) is 9.96. The molecule has 1 unspecified atom stereocenters. The molecule has 12 nitrogen and oxygen atoms in total. The van der Waals surface area contributed by atoms with Gasteiger partial charge in [0.1, 0.15) is 29.2 Å². The van der Waals surface area contributed by atoms with Crippen LogP contribution in [0.25, 0.3) is 0 Å². The molecule has 0 bridgehead atoms. The molecule has 0 aliphatic carbocycles. The number of ether oxygens (including phenoxy) is 2. The Kier molecular flexibility index (Phi) is 17.9. The van der Waals surface area contributed by atoms with Crippen LogP contribution >= 0.6 is 11.6 Å². The molecule has 13 heteroatoms. The summed E-state index contributed by atoms with van der Waals surface area (Å²) in [4.78, 5) is 37.3. The number of aryl methyl sites for hydroxylation is 3. The number of hydrogen-bond acceptors (Lipinski definition) is 10. The van der Waals surface area contributed by atoms with Gasteiger partial charge in [-0.15, -0.1) is 0 Å². The van der Waals surface area contributed by atoms with Crippen molar-refractivity contribution in [2.75, 3.05) is 57.4 Å². The molecular formula is C55H75ClN9O3+. The Morgan fingerprint density at radius 2 is 1.29 bits per heavy atom. The summed E-state index contributed by atoms with van der Waals surface area (Å²) in [6, 6.07) is 24.1. The number of benzene rings is 2. The number of piperidine rings is 2. The topological polar surface area (TPSA) is 113 Å². The minimum Gasteiger partial charge on any atom is -0.494 e. The lowest BCUT2D eigenvalue weighted by atomic mass is 9.96. The zero-order valence-electron chi connectivity index (χ0n) is 41.6. The summed E-state index contributed by atoms with van der Waals surface area (Å²) in [6.45, 7) is 22.3. The number of carbonyl (C=O) groups is 1. The van der Waals surface area contributed by atoms with Crippen molar-refractivity contribution in [3.63, 3.8) is 0 Å². The summed E-state index contributed by atoms with van der Waals surface area (Å²) in [7, 11) is 0. The van der Waals surface area contributed by atoms with E-state index in [4.69, 9.17) is 26.8 Å². The molecule has 0 radical (unpaired) electrons. The van der Waals surface area contributed by atoms with Gasteiger partial charge in [-0.05, 0) is 158 Å². The molecule has 2 aromatic carbocycles. The first-order valence-electron chi connectivity index (χ1n) is 25.0. The quantitative estimate of drug-likeness (QED) is 0.0434. The number of halogens is 1. The average molecular weight is 946 g/mol. The minimum atomic E-state index is -0.113. The average Bonchev–Trinajstić information content (AvgIpc) is 3.35. The molecule has 2 aliphatic heterocycles. The van der Waals surface area contributed by atoms with Crippen molar-refractivity contribution in [2.24, 2.45) is 5.73 Å². The van der Waals surface area contributed by atoms with E-state index in [1.54, 1.807) is 6.20 Å². The van der Waals surface area contributed by atoms with Gasteiger partial charge < -0.3 is 29.9 Å². The number of hydrogen-bond donors (Lipinski definition) is 1. The summed E-state index contributed by atoms with van der Waals surface area (Å²) in [5.74, 6) is 1.57. The Morgan fingerprint density at radius 1 is 0.750 bits per heavy atom. The zero-order valence-corrected chi connectivity index (χ0v) is 42.4. The highest BCUT2D eigenvalue weighted by atomic mass is 35.5. The number of rotatable bonds is 21. The van der Waals surface area contributed by atoms with Crippen molar-refractivity contribution >= 4 is 28.9 Å². The lowest BCUT2D eigenvalue weighted by molar-refractivity contribution is -0.0598. The molecular weight excluding hydrogens is 870 g/mol. The third kappa shape index (κ3) is 11.8. The second-order valence-corrected chi connectivity index (χ2v) is 19.2. The van der Waals surface area contributed by atoms with Gasteiger partial charge in [0.15, 0.2) is 5.69 Å². The Morgan fingerprint density at radius 3 is 1.85 bits per heavy atom. The minimum absolute atomic E-state index is 0.0525. The van der Waals surface area contributed by atoms with Crippen molar-refractivity contribution in [2.45, 2.75) is 124 Å². The maximum Gasteiger partial charge on any atom is 0.302 e. The second kappa shape index (κ2) is 23.9. The van der Waals surface area contributed by atoms with Crippen LogP contribution in [0, 0.1) is 20.8 Å². The molecule has 0 saturated carbocycles. The molecule has 7 rings (SSSR count). The Bertz CT molecular complexity index is 2350. The van der Waals surface area contributed by atoms with Crippen LogP contribution in [0.5, 0.6) is 11.5 Å². The fourth-order valence-corrected chi connectivity index (χ4v) is 10.9. The normalized spacial score (nSPS) is 17.0. The van der Waals surface area contributed by atoms with Crippen molar-refractivity contribution in [3.05, 3.63) is 136 Å². The van der Waals surface area contributed by atoms with E-state index in [0.29, 0.717) is 55.1 Å². The third-order valence-corrected chi connectivity index (χ3v) is 15.0. The van der Waals surface area contributed by atoms with E-state index in [0.717, 1.165) is 105 Å². The lowest BCUT2D eigenvalue weighted by Gasteiger charge is -2.52. The molecule has 68 heavy (non-hydrogen) atoms. The van der Waals surface area contributed by atoms with E-state index in [1.807, 2.05) is 51.6 Å². The number of anilines is 1. The molecule has 3 atom stereocenters. The molecule has 2 N–H and O–H groups in total. The maximum atomic E-state index is 15.9. The first-order valence-corrected chi connectivity index (χ1v) is 25.4. The van der Waals surface area contributed by atoms with Gasteiger partial charge in [-0.25, -0.2) is 4.98 Å². The van der Waals surface area contributed by atoms with Gasteiger partial charge in [0.2, 0.25) is 0 Å². The highest BCUT2D eigenvalue weighted by molar-refractivity contribution is 6.32. The van der Waals surface area contributed by atoms with E-state index in [9.17, 15) is 0 Å². The highest BCUT2D eigenvalue weighted by Gasteiger charge is 2.50. The van der Waals surface area contributed by atoms with Gasteiger partial charge in [0.25, 0.3) is 0 Å². The fourth-order valence-electron chi connectivity index (χ4n) is 10.6. The van der Waals surface area contributed by atoms with Crippen LogP contribution in [0.4, 0.5) is 11.4 Å². The maximum absolute atomic E-state index is 15.9. The monoisotopic (exact) mass is 945 g/mol. The molecule has 5 heterocycles. The van der Waals surface area contributed by atoms with Crippen LogP contribution < -0.4 is 24.7 Å². The van der Waals surface area contributed by atoms with Crippen molar-refractivity contribution in [1.82, 2.24) is 34.4 Å². The van der Waals surface area contributed by atoms with Crippen LogP contribution in [-0.2, 0) is 13.1 Å². The molecule has 2 saturated heterocycles. The SMILES string of the molecule is CCOc1ccc(N(Cc2cnccc2C)C2CCN([C@H](C)CCN(C(=O)c3c(C)ccnc3Cl)[N+](Cc3cnccc3C)(c3ccc(OCC)cc3)C3CCN([C@H](C)CCN)CC3)CC2)cc1. The number of nitrogens with two attached hydrogens (primary N) is 1. The van der Waals surface area contributed by atoms with Gasteiger partial charge >= 0.3 is 5.91 Å². The Balaban J connectivity index is 1.23. The van der Waals surface area contributed by atoms with Crippen LogP contribution in [0.1, 0.15) is 104 Å². The second-order valence-electron chi connectivity index (χ2n) is 18.9. The number of amides is 1. The number of likely N-dealkylation sites (tertiary alicyclic amines) is 2. The highest BCUT2D eigenvalue weighted by Crippen LogP contribution is 2.41. The largest absolute Gasteiger partial charge is 0.494 e. The van der Waals surface area contributed by atoms with E-state index in [2.05, 4.69) is 123 Å². The predicted molar refractivity (Wildman–Crippen MR) is 276 cm³/mol. The standard InChI is InChI=1S/C55H75ClN9O3/c1-8-67-51-14-10-47(11-15-51)63(38-45-36-58-28-19-40(45)3)48-23-31-61(32-24-48)44(7)22-35-64(55(66)53-42(5)21-30-60-54(53)56)65(39-46-37-59-29-20-41(46)4,49-12-16-52(17-13-49)68-9-2)50-25-33-62(34-26-50)43(6)18-27-57/h10-17,19-21,28-30,36-37,43-44,48,50H,8-9,18,22-27,31-35,38-39,57H2,1-7H3/q+1/t43-,44-,65?/m1/s1. The lowest BCUT2D eigenvalue weighted by Crippen LogP contribution is -2.70. The van der Waals surface area contributed by atoms with Crippen LogP contribution in [0.3, 0.4) is 0 Å². The third-order valence-electron chi connectivity index (χ3n) is 14.7. The van der Waals surface area contributed by atoms with E-state index < -0.39 is 0 Å². The zero-order chi connectivity index (χ0) is 48.2. The summed E-state index contributed by atoms with van der Waals surface area (Å²) >= 11 is 6.99. The van der Waals surface area contributed by atoms with Crippen LogP contribution in [0.2, 0.25) is 5.15 Å². The molecule has 1 amide bonds. The first kappa shape index (κ1) is 50.8. The number of nitrogens with zero attached hydrogens (tertiary/aromatic N) is 8. The molecule has 3 aromatic heterocycles. The fraction of sp³-hybridized carbons (Fsp3) is 0.491. The van der Waals surface area contributed by atoms with Crippen LogP contribution in [-0.4, -0.2) is 112 Å². The first-order chi connectivity index (χ1) is 33.0. The van der Waals surface area contributed by atoms with Crippen LogP contribution in [0.15, 0.2) is 97.7 Å². The van der Waals surface area contributed by atoms with E-state index >= 15 is 4.79 Å².